The van der Waals surface area contributed by atoms with Crippen molar-refractivity contribution >= 4 is 11.8 Å². The third kappa shape index (κ3) is 7.85. The maximum absolute atomic E-state index is 12.2. The van der Waals surface area contributed by atoms with Crippen molar-refractivity contribution in [3.8, 4) is 17.6 Å². The summed E-state index contributed by atoms with van der Waals surface area (Å²) in [6.45, 7) is 5.10. The lowest BCUT2D eigenvalue weighted by Crippen LogP contribution is -2.32. The van der Waals surface area contributed by atoms with Crippen molar-refractivity contribution in [2.24, 2.45) is 0 Å². The molecule has 1 aromatic carbocycles. The van der Waals surface area contributed by atoms with E-state index in [1.54, 1.807) is 20.8 Å². The molecule has 126 valence electrons. The summed E-state index contributed by atoms with van der Waals surface area (Å²) in [4.78, 5) is 11.4. The lowest BCUT2D eigenvalue weighted by Gasteiger charge is -2.19. The number of ether oxygens (including phenoxy) is 2. The standard InChI is InChI=1S/C15H17F3N2O3/c1-14(2,3)23-13(21)20-8-4-5-10-9-11(6-7-12(10)19)22-15(16,17)18/h6-7,9H,8,19H2,1-3H3,(H,20,21). The summed E-state index contributed by atoms with van der Waals surface area (Å²) in [7, 11) is 0. The highest BCUT2D eigenvalue weighted by atomic mass is 19.4. The molecule has 0 aliphatic rings. The summed E-state index contributed by atoms with van der Waals surface area (Å²) in [5.41, 5.74) is 5.36. The van der Waals surface area contributed by atoms with Crippen molar-refractivity contribution in [2.75, 3.05) is 12.3 Å². The van der Waals surface area contributed by atoms with Crippen LogP contribution in [0.15, 0.2) is 18.2 Å². The van der Waals surface area contributed by atoms with Crippen LogP contribution in [0.4, 0.5) is 23.7 Å². The van der Waals surface area contributed by atoms with Crippen molar-refractivity contribution in [3.63, 3.8) is 0 Å². The highest BCUT2D eigenvalue weighted by molar-refractivity contribution is 5.68. The molecule has 0 aliphatic carbocycles. The minimum absolute atomic E-state index is 0.0429. The van der Waals surface area contributed by atoms with E-state index >= 15 is 0 Å². The van der Waals surface area contributed by atoms with E-state index in [2.05, 4.69) is 21.9 Å². The second-order valence-corrected chi connectivity index (χ2v) is 5.45. The van der Waals surface area contributed by atoms with E-state index in [0.29, 0.717) is 0 Å². The maximum Gasteiger partial charge on any atom is 0.573 e. The van der Waals surface area contributed by atoms with Crippen LogP contribution in [-0.4, -0.2) is 24.6 Å². The summed E-state index contributed by atoms with van der Waals surface area (Å²) in [5.74, 6) is 4.71. The van der Waals surface area contributed by atoms with E-state index in [1.807, 2.05) is 0 Å². The third-order valence-electron chi connectivity index (χ3n) is 2.20. The number of hydrogen-bond acceptors (Lipinski definition) is 4. The number of anilines is 1. The van der Waals surface area contributed by atoms with E-state index < -0.39 is 23.8 Å². The second kappa shape index (κ2) is 7.13. The van der Waals surface area contributed by atoms with Gasteiger partial charge in [0.25, 0.3) is 0 Å². The zero-order valence-corrected chi connectivity index (χ0v) is 12.9. The van der Waals surface area contributed by atoms with Gasteiger partial charge >= 0.3 is 12.5 Å². The van der Waals surface area contributed by atoms with Crippen LogP contribution in [0.2, 0.25) is 0 Å². The van der Waals surface area contributed by atoms with Crippen molar-refractivity contribution in [1.82, 2.24) is 5.32 Å². The van der Waals surface area contributed by atoms with Gasteiger partial charge in [0.05, 0.1) is 12.1 Å². The SMILES string of the molecule is CC(C)(C)OC(=O)NCC#Cc1cc(OC(F)(F)F)ccc1N. The number of carbonyl (C=O) groups is 1. The van der Waals surface area contributed by atoms with Crippen LogP contribution in [0.25, 0.3) is 0 Å². The molecule has 0 saturated carbocycles. The Balaban J connectivity index is 2.67. The van der Waals surface area contributed by atoms with Crippen LogP contribution in [0, 0.1) is 11.8 Å². The lowest BCUT2D eigenvalue weighted by molar-refractivity contribution is -0.274. The van der Waals surface area contributed by atoms with Crippen LogP contribution in [-0.2, 0) is 4.74 Å². The van der Waals surface area contributed by atoms with E-state index in [4.69, 9.17) is 10.5 Å². The monoisotopic (exact) mass is 330 g/mol. The molecule has 0 bridgehead atoms. The fourth-order valence-corrected chi connectivity index (χ4v) is 1.41. The Hall–Kier alpha value is -2.56. The minimum atomic E-state index is -4.79. The first-order chi connectivity index (χ1) is 10.5. The first-order valence-electron chi connectivity index (χ1n) is 6.57. The Bertz CT molecular complexity index is 626. The average molecular weight is 330 g/mol. The highest BCUT2D eigenvalue weighted by Gasteiger charge is 2.31. The van der Waals surface area contributed by atoms with Crippen molar-refractivity contribution in [3.05, 3.63) is 23.8 Å². The zero-order chi connectivity index (χ0) is 17.7. The fourth-order valence-electron chi connectivity index (χ4n) is 1.41. The van der Waals surface area contributed by atoms with Crippen molar-refractivity contribution < 1.29 is 27.4 Å². The highest BCUT2D eigenvalue weighted by Crippen LogP contribution is 2.25. The van der Waals surface area contributed by atoms with Gasteiger partial charge in [0.1, 0.15) is 11.4 Å². The molecule has 1 amide bonds. The fraction of sp³-hybridized carbons (Fsp3) is 0.400. The van der Waals surface area contributed by atoms with Gasteiger partial charge in [-0.3, -0.25) is 0 Å². The summed E-state index contributed by atoms with van der Waals surface area (Å²) in [5, 5.41) is 2.39. The summed E-state index contributed by atoms with van der Waals surface area (Å²) >= 11 is 0. The third-order valence-corrected chi connectivity index (χ3v) is 2.20. The Kier molecular flexibility index (Phi) is 5.73. The summed E-state index contributed by atoms with van der Waals surface area (Å²) < 4.78 is 45.2. The van der Waals surface area contributed by atoms with Crippen LogP contribution in [0.1, 0.15) is 26.3 Å². The van der Waals surface area contributed by atoms with Crippen molar-refractivity contribution in [1.29, 1.82) is 0 Å². The van der Waals surface area contributed by atoms with Gasteiger partial charge in [-0.25, -0.2) is 4.79 Å². The molecule has 1 aromatic rings. The zero-order valence-electron chi connectivity index (χ0n) is 12.9. The van der Waals surface area contributed by atoms with Gasteiger partial charge in [-0.2, -0.15) is 0 Å². The van der Waals surface area contributed by atoms with E-state index in [0.717, 1.165) is 12.1 Å². The lowest BCUT2D eigenvalue weighted by atomic mass is 10.2. The molecule has 1 rings (SSSR count). The predicted molar refractivity (Wildman–Crippen MR) is 78.7 cm³/mol. The number of amides is 1. The van der Waals surface area contributed by atoms with Gasteiger partial charge < -0.3 is 20.5 Å². The van der Waals surface area contributed by atoms with Gasteiger partial charge in [-0.05, 0) is 39.0 Å². The number of hydrogen-bond donors (Lipinski definition) is 2. The number of rotatable bonds is 2. The minimum Gasteiger partial charge on any atom is -0.444 e. The molecule has 23 heavy (non-hydrogen) atoms. The number of carbonyl (C=O) groups excluding carboxylic acids is 1. The van der Waals surface area contributed by atoms with Crippen LogP contribution in [0.5, 0.6) is 5.75 Å². The van der Waals surface area contributed by atoms with Gasteiger partial charge in [0.15, 0.2) is 0 Å². The molecule has 0 saturated heterocycles. The first kappa shape index (κ1) is 18.5. The van der Waals surface area contributed by atoms with Gasteiger partial charge in [0.2, 0.25) is 0 Å². The maximum atomic E-state index is 12.2. The molecule has 5 nitrogen and oxygen atoms in total. The van der Waals surface area contributed by atoms with Crippen LogP contribution >= 0.6 is 0 Å². The number of alkyl carbamates (subject to hydrolysis) is 1. The molecule has 0 aromatic heterocycles. The molecule has 0 spiro atoms. The predicted octanol–water partition coefficient (Wildman–Crippen LogP) is 3.04. The number of nitrogen functional groups attached to an aromatic ring is 1. The van der Waals surface area contributed by atoms with E-state index in [9.17, 15) is 18.0 Å². The Labute approximate surface area is 131 Å². The topological polar surface area (TPSA) is 73.6 Å². The number of nitrogens with one attached hydrogen (secondary N) is 1. The molecule has 0 atom stereocenters. The molecule has 0 unspecified atom stereocenters. The Morgan fingerprint density at radius 1 is 1.30 bits per heavy atom. The first-order valence-corrected chi connectivity index (χ1v) is 6.57. The Morgan fingerprint density at radius 2 is 1.96 bits per heavy atom. The number of alkyl halides is 3. The number of halogens is 3. The Morgan fingerprint density at radius 3 is 2.52 bits per heavy atom. The summed E-state index contributed by atoms with van der Waals surface area (Å²) in [6.07, 6.45) is -5.44. The van der Waals surface area contributed by atoms with Crippen molar-refractivity contribution in [2.45, 2.75) is 32.7 Å². The molecule has 0 aliphatic heterocycles. The second-order valence-electron chi connectivity index (χ2n) is 5.45. The number of benzene rings is 1. The molecular formula is C15H17F3N2O3. The molecule has 0 heterocycles. The molecule has 0 radical (unpaired) electrons. The quantitative estimate of drug-likeness (QED) is 0.646. The number of nitrogens with two attached hydrogens (primary N) is 1. The van der Waals surface area contributed by atoms with Gasteiger partial charge in [-0.1, -0.05) is 11.8 Å². The molecular weight excluding hydrogens is 313 g/mol. The van der Waals surface area contributed by atoms with Crippen LogP contribution < -0.4 is 15.8 Å². The van der Waals surface area contributed by atoms with Gasteiger partial charge in [-0.15, -0.1) is 13.2 Å². The smallest absolute Gasteiger partial charge is 0.444 e. The summed E-state index contributed by atoms with van der Waals surface area (Å²) in [6, 6.07) is 3.42. The van der Waals surface area contributed by atoms with E-state index in [-0.39, 0.29) is 17.8 Å². The van der Waals surface area contributed by atoms with Gasteiger partial charge in [0, 0.05) is 5.69 Å². The normalized spacial score (nSPS) is 11.2. The largest absolute Gasteiger partial charge is 0.573 e. The average Bonchev–Trinajstić information content (AvgIpc) is 2.34. The van der Waals surface area contributed by atoms with Crippen LogP contribution in [0.3, 0.4) is 0 Å². The molecule has 3 N–H and O–H groups in total. The molecule has 0 fully saturated rings. The molecule has 8 heteroatoms. The van der Waals surface area contributed by atoms with E-state index in [1.165, 1.54) is 6.07 Å².